The Balaban J connectivity index is 2.69. The van der Waals surface area contributed by atoms with Crippen LogP contribution in [0.5, 0.6) is 0 Å². The van der Waals surface area contributed by atoms with E-state index in [0.29, 0.717) is 0 Å². The van der Waals surface area contributed by atoms with Crippen LogP contribution < -0.4 is 0 Å². The molecule has 0 saturated carbocycles. The highest BCUT2D eigenvalue weighted by Gasteiger charge is 2.54. The Hall–Kier alpha value is -1.00. The average molecular weight is 185 g/mol. The minimum atomic E-state index is -0.526. The highest BCUT2D eigenvalue weighted by Crippen LogP contribution is 2.43. The SMILES string of the molecule is CC(C)C(ON=O)C1(C(C)C)N=N1. The molecule has 0 amide bonds. The lowest BCUT2D eigenvalue weighted by Gasteiger charge is -2.25. The predicted molar refractivity (Wildman–Crippen MR) is 47.9 cm³/mol. The third kappa shape index (κ3) is 1.68. The van der Waals surface area contributed by atoms with Crippen LogP contribution in [0.4, 0.5) is 0 Å². The molecule has 0 aliphatic carbocycles. The van der Waals surface area contributed by atoms with Gasteiger partial charge < -0.3 is 4.84 Å². The topological polar surface area (TPSA) is 63.4 Å². The van der Waals surface area contributed by atoms with E-state index >= 15 is 0 Å². The fourth-order valence-corrected chi connectivity index (χ4v) is 1.47. The summed E-state index contributed by atoms with van der Waals surface area (Å²) in [7, 11) is 0. The maximum absolute atomic E-state index is 10.1. The second kappa shape index (κ2) is 3.40. The average Bonchev–Trinajstić information content (AvgIpc) is 2.79. The maximum atomic E-state index is 10.1. The molecule has 74 valence electrons. The standard InChI is InChI=1S/C8H15N3O2/c1-5(2)7(13-11-12)8(6(3)4)9-10-8/h5-7H,1-4H3. The Kier molecular flexibility index (Phi) is 2.63. The van der Waals surface area contributed by atoms with Crippen molar-refractivity contribution in [1.82, 2.24) is 0 Å². The van der Waals surface area contributed by atoms with Crippen molar-refractivity contribution in [3.05, 3.63) is 4.91 Å². The molecule has 0 bridgehead atoms. The molecule has 0 spiro atoms. The van der Waals surface area contributed by atoms with Gasteiger partial charge in [0, 0.05) is 5.92 Å². The van der Waals surface area contributed by atoms with E-state index in [4.69, 9.17) is 4.84 Å². The molecule has 1 heterocycles. The minimum Gasteiger partial charge on any atom is -0.356 e. The van der Waals surface area contributed by atoms with Crippen LogP contribution >= 0.6 is 0 Å². The van der Waals surface area contributed by atoms with E-state index in [1.54, 1.807) is 0 Å². The number of hydrogen-bond acceptors (Lipinski definition) is 5. The molecule has 0 fully saturated rings. The molecule has 0 aromatic carbocycles. The first-order valence-corrected chi connectivity index (χ1v) is 4.47. The Morgan fingerprint density at radius 2 is 1.77 bits per heavy atom. The summed E-state index contributed by atoms with van der Waals surface area (Å²) in [5, 5.41) is 10.4. The van der Waals surface area contributed by atoms with Gasteiger partial charge in [0.15, 0.2) is 11.4 Å². The van der Waals surface area contributed by atoms with Gasteiger partial charge in [0.1, 0.15) is 0 Å². The molecular formula is C8H15N3O2. The van der Waals surface area contributed by atoms with Crippen LogP contribution in [0.15, 0.2) is 15.6 Å². The summed E-state index contributed by atoms with van der Waals surface area (Å²) in [6.45, 7) is 7.93. The zero-order chi connectivity index (χ0) is 10.1. The lowest BCUT2D eigenvalue weighted by Crippen LogP contribution is -2.39. The molecular weight excluding hydrogens is 170 g/mol. The summed E-state index contributed by atoms with van der Waals surface area (Å²) in [4.78, 5) is 14.8. The fraction of sp³-hybridized carbons (Fsp3) is 1.00. The van der Waals surface area contributed by atoms with Gasteiger partial charge in [-0.1, -0.05) is 27.7 Å². The van der Waals surface area contributed by atoms with E-state index < -0.39 is 5.66 Å². The Bertz CT molecular complexity index is 219. The quantitative estimate of drug-likeness (QED) is 0.488. The fourth-order valence-electron chi connectivity index (χ4n) is 1.47. The van der Waals surface area contributed by atoms with Gasteiger partial charge in [-0.3, -0.25) is 0 Å². The van der Waals surface area contributed by atoms with Gasteiger partial charge in [-0.2, -0.15) is 10.2 Å². The summed E-state index contributed by atoms with van der Waals surface area (Å²) in [6, 6.07) is 0. The summed E-state index contributed by atoms with van der Waals surface area (Å²) in [5.41, 5.74) is -0.526. The van der Waals surface area contributed by atoms with E-state index in [-0.39, 0.29) is 17.9 Å². The molecule has 1 aliphatic rings. The molecule has 0 aromatic rings. The van der Waals surface area contributed by atoms with Crippen molar-refractivity contribution in [1.29, 1.82) is 0 Å². The lowest BCUT2D eigenvalue weighted by atomic mass is 9.88. The zero-order valence-electron chi connectivity index (χ0n) is 8.39. The zero-order valence-corrected chi connectivity index (χ0v) is 8.39. The monoisotopic (exact) mass is 185 g/mol. The van der Waals surface area contributed by atoms with Gasteiger partial charge in [-0.15, -0.1) is 4.91 Å². The van der Waals surface area contributed by atoms with Crippen molar-refractivity contribution >= 4 is 0 Å². The van der Waals surface area contributed by atoms with Crippen molar-refractivity contribution in [3.8, 4) is 0 Å². The van der Waals surface area contributed by atoms with E-state index in [1.807, 2.05) is 27.7 Å². The van der Waals surface area contributed by atoms with Crippen LogP contribution in [-0.2, 0) is 4.84 Å². The van der Waals surface area contributed by atoms with Crippen LogP contribution in [0.1, 0.15) is 27.7 Å². The Morgan fingerprint density at radius 3 is 2.00 bits per heavy atom. The molecule has 0 saturated heterocycles. The van der Waals surface area contributed by atoms with Crippen molar-refractivity contribution in [2.24, 2.45) is 27.4 Å². The Morgan fingerprint density at radius 1 is 1.23 bits per heavy atom. The first-order valence-electron chi connectivity index (χ1n) is 4.47. The summed E-state index contributed by atoms with van der Waals surface area (Å²) in [5.74, 6) is 0.414. The summed E-state index contributed by atoms with van der Waals surface area (Å²) < 4.78 is 0. The van der Waals surface area contributed by atoms with E-state index in [2.05, 4.69) is 15.6 Å². The van der Waals surface area contributed by atoms with Crippen LogP contribution in [0, 0.1) is 16.7 Å². The molecule has 5 heteroatoms. The van der Waals surface area contributed by atoms with Gasteiger partial charge >= 0.3 is 0 Å². The third-order valence-corrected chi connectivity index (χ3v) is 2.36. The molecule has 1 aliphatic heterocycles. The summed E-state index contributed by atoms with van der Waals surface area (Å²) in [6.07, 6.45) is -0.329. The van der Waals surface area contributed by atoms with E-state index in [0.717, 1.165) is 0 Å². The first-order chi connectivity index (χ1) is 6.04. The van der Waals surface area contributed by atoms with Gasteiger partial charge in [-0.05, 0) is 5.92 Å². The van der Waals surface area contributed by atoms with Crippen molar-refractivity contribution in [3.63, 3.8) is 0 Å². The predicted octanol–water partition coefficient (Wildman–Crippen LogP) is 2.53. The molecule has 0 aromatic heterocycles. The highest BCUT2D eigenvalue weighted by molar-refractivity contribution is 5.03. The van der Waals surface area contributed by atoms with Crippen LogP contribution in [0.25, 0.3) is 0 Å². The smallest absolute Gasteiger partial charge is 0.232 e. The van der Waals surface area contributed by atoms with E-state index in [9.17, 15) is 4.91 Å². The highest BCUT2D eigenvalue weighted by atomic mass is 16.7. The molecule has 1 unspecified atom stereocenters. The van der Waals surface area contributed by atoms with Crippen molar-refractivity contribution in [2.75, 3.05) is 0 Å². The first kappa shape index (κ1) is 10.1. The van der Waals surface area contributed by atoms with Gasteiger partial charge in [-0.25, -0.2) is 0 Å². The number of nitrogens with zero attached hydrogens (tertiary/aromatic N) is 3. The molecule has 13 heavy (non-hydrogen) atoms. The lowest BCUT2D eigenvalue weighted by molar-refractivity contribution is -0.0197. The number of rotatable bonds is 5. The van der Waals surface area contributed by atoms with Crippen molar-refractivity contribution in [2.45, 2.75) is 39.5 Å². The Labute approximate surface area is 77.5 Å². The van der Waals surface area contributed by atoms with Gasteiger partial charge in [0.25, 0.3) is 0 Å². The molecule has 0 radical (unpaired) electrons. The van der Waals surface area contributed by atoms with Crippen LogP contribution in [0.3, 0.4) is 0 Å². The van der Waals surface area contributed by atoms with Gasteiger partial charge in [0.05, 0.1) is 0 Å². The van der Waals surface area contributed by atoms with Crippen molar-refractivity contribution < 1.29 is 4.84 Å². The molecule has 1 rings (SSSR count). The van der Waals surface area contributed by atoms with E-state index in [1.165, 1.54) is 0 Å². The maximum Gasteiger partial charge on any atom is 0.232 e. The minimum absolute atomic E-state index is 0.176. The molecule has 5 nitrogen and oxygen atoms in total. The largest absolute Gasteiger partial charge is 0.356 e. The normalized spacial score (nSPS) is 20.5. The van der Waals surface area contributed by atoms with Crippen LogP contribution in [0.2, 0.25) is 0 Å². The third-order valence-electron chi connectivity index (χ3n) is 2.36. The van der Waals surface area contributed by atoms with Gasteiger partial charge in [0.2, 0.25) is 5.66 Å². The second-order valence-electron chi connectivity index (χ2n) is 3.98. The molecule has 0 N–H and O–H groups in total. The second-order valence-corrected chi connectivity index (χ2v) is 3.98. The number of hydrogen-bond donors (Lipinski definition) is 0. The van der Waals surface area contributed by atoms with Crippen LogP contribution in [-0.4, -0.2) is 11.8 Å². The summed E-state index contributed by atoms with van der Waals surface area (Å²) >= 11 is 0. The molecule has 1 atom stereocenters.